The number of carbonyl (C=O) groups excluding carboxylic acids is 1. The number of rotatable bonds is 11. The lowest BCUT2D eigenvalue weighted by Gasteiger charge is -2.29. The molecule has 0 N–H and O–H groups in total. The molecule has 0 aromatic heterocycles. The zero-order valence-corrected chi connectivity index (χ0v) is 25.2. The van der Waals surface area contributed by atoms with E-state index in [0.29, 0.717) is 11.3 Å². The first kappa shape index (κ1) is 30.7. The van der Waals surface area contributed by atoms with Gasteiger partial charge in [0, 0.05) is 18.0 Å². The number of ether oxygens (including phenoxy) is 2. The number of nitrogens with zero attached hydrogens (tertiary/aromatic N) is 1. The van der Waals surface area contributed by atoms with Crippen LogP contribution < -0.4 is 4.74 Å². The Morgan fingerprint density at radius 2 is 1.46 bits per heavy atom. The Bertz CT molecular complexity index is 1570. The van der Waals surface area contributed by atoms with Crippen molar-refractivity contribution in [2.45, 2.75) is 43.0 Å². The number of aryl methyl sites for hydroxylation is 2. The molecule has 0 aliphatic carbocycles. The summed E-state index contributed by atoms with van der Waals surface area (Å²) >= 11 is 0. The number of para-hydroxylation sites is 1. The van der Waals surface area contributed by atoms with Crippen molar-refractivity contribution in [2.75, 3.05) is 26.9 Å². The van der Waals surface area contributed by atoms with Crippen molar-refractivity contribution in [3.05, 3.63) is 89.5 Å². The molecular formula is C30H35NO8S2. The summed E-state index contributed by atoms with van der Waals surface area (Å²) in [6.07, 6.45) is -0.113. The van der Waals surface area contributed by atoms with E-state index in [-0.39, 0.29) is 36.0 Å². The van der Waals surface area contributed by atoms with Gasteiger partial charge < -0.3 is 9.47 Å². The third-order valence-corrected chi connectivity index (χ3v) is 10.4. The minimum atomic E-state index is -4.17. The quantitative estimate of drug-likeness (QED) is 0.230. The van der Waals surface area contributed by atoms with Gasteiger partial charge in [0.1, 0.15) is 5.75 Å². The highest BCUT2D eigenvalue weighted by Crippen LogP contribution is 2.48. The second-order valence-electron chi connectivity index (χ2n) is 10.1. The number of sulfonamides is 1. The van der Waals surface area contributed by atoms with E-state index in [1.54, 1.807) is 55.5 Å². The maximum atomic E-state index is 14.1. The molecule has 1 aliphatic heterocycles. The van der Waals surface area contributed by atoms with E-state index in [9.17, 15) is 21.6 Å². The van der Waals surface area contributed by atoms with Gasteiger partial charge in [-0.2, -0.15) is 12.7 Å². The maximum absolute atomic E-state index is 14.1. The minimum Gasteiger partial charge on any atom is -0.496 e. The number of methoxy groups -OCH3 is 1. The highest BCUT2D eigenvalue weighted by Gasteiger charge is 2.50. The SMILES string of the molecule is CCOC(=O)C[C@@H]1CN(S(=O)(=O)c2ccc(C)cc2)[C@H](c2ccccc2OC)[C@H]1COS(=O)(=O)c1ccc(C)cc1. The van der Waals surface area contributed by atoms with Crippen molar-refractivity contribution in [1.29, 1.82) is 0 Å². The molecule has 0 amide bonds. The lowest BCUT2D eigenvalue weighted by molar-refractivity contribution is -0.144. The standard InChI is InChI=1S/C30H35NO8S2/c1-5-38-29(32)18-23-19-31(40(33,34)24-14-10-21(2)11-15-24)30(26-8-6-7-9-28(26)37-4)27(23)20-39-41(35,36)25-16-12-22(3)13-17-25/h6-17,23,27,30H,5,18-20H2,1-4H3/t23-,27+,30-/m1/s1. The third kappa shape index (κ3) is 6.81. The molecule has 0 saturated carbocycles. The van der Waals surface area contributed by atoms with Crippen LogP contribution in [0.3, 0.4) is 0 Å². The summed E-state index contributed by atoms with van der Waals surface area (Å²) in [6, 6.07) is 18.9. The fraction of sp³-hybridized carbons (Fsp3) is 0.367. The smallest absolute Gasteiger partial charge is 0.306 e. The summed E-state index contributed by atoms with van der Waals surface area (Å²) in [5.74, 6) is -1.39. The number of carbonyl (C=O) groups is 1. The molecular weight excluding hydrogens is 566 g/mol. The van der Waals surface area contributed by atoms with Crippen LogP contribution in [0.4, 0.5) is 0 Å². The van der Waals surface area contributed by atoms with Crippen LogP contribution in [-0.2, 0) is 33.9 Å². The lowest BCUT2D eigenvalue weighted by Crippen LogP contribution is -2.33. The van der Waals surface area contributed by atoms with Gasteiger partial charge in [-0.25, -0.2) is 8.42 Å². The Balaban J connectivity index is 1.80. The Morgan fingerprint density at radius 3 is 2.05 bits per heavy atom. The van der Waals surface area contributed by atoms with Gasteiger partial charge in [-0.05, 0) is 57.0 Å². The molecule has 1 fully saturated rings. The molecule has 9 nitrogen and oxygen atoms in total. The molecule has 1 saturated heterocycles. The predicted octanol–water partition coefficient (Wildman–Crippen LogP) is 4.65. The van der Waals surface area contributed by atoms with Crippen LogP contribution in [0.2, 0.25) is 0 Å². The molecule has 11 heteroatoms. The summed E-state index contributed by atoms with van der Waals surface area (Å²) in [5.41, 5.74) is 2.33. The van der Waals surface area contributed by atoms with Gasteiger partial charge in [0.2, 0.25) is 10.0 Å². The third-order valence-electron chi connectivity index (χ3n) is 7.28. The molecule has 41 heavy (non-hydrogen) atoms. The fourth-order valence-corrected chi connectivity index (χ4v) is 7.81. The molecule has 3 aromatic carbocycles. The number of benzene rings is 3. The predicted molar refractivity (Wildman–Crippen MR) is 153 cm³/mol. The van der Waals surface area contributed by atoms with Crippen molar-refractivity contribution >= 4 is 26.1 Å². The first-order valence-corrected chi connectivity index (χ1v) is 16.2. The number of hydrogen-bond donors (Lipinski definition) is 0. The summed E-state index contributed by atoms with van der Waals surface area (Å²) in [7, 11) is -6.77. The molecule has 0 unspecified atom stereocenters. The van der Waals surface area contributed by atoms with Gasteiger partial charge in [0.25, 0.3) is 10.1 Å². The molecule has 0 spiro atoms. The fourth-order valence-electron chi connectivity index (χ4n) is 5.16. The Morgan fingerprint density at radius 1 is 0.878 bits per heavy atom. The first-order valence-electron chi connectivity index (χ1n) is 13.3. The van der Waals surface area contributed by atoms with Gasteiger partial charge in [-0.15, -0.1) is 0 Å². The van der Waals surface area contributed by atoms with Crippen LogP contribution in [0.1, 0.15) is 36.1 Å². The first-order chi connectivity index (χ1) is 19.5. The average molecular weight is 602 g/mol. The van der Waals surface area contributed by atoms with E-state index < -0.39 is 44.0 Å². The average Bonchev–Trinajstić information content (AvgIpc) is 3.31. The van der Waals surface area contributed by atoms with Gasteiger partial charge in [-0.3, -0.25) is 8.98 Å². The largest absolute Gasteiger partial charge is 0.496 e. The second-order valence-corrected chi connectivity index (χ2v) is 13.6. The van der Waals surface area contributed by atoms with Crippen molar-refractivity contribution in [3.8, 4) is 5.75 Å². The normalized spacial score (nSPS) is 19.7. The maximum Gasteiger partial charge on any atom is 0.306 e. The molecule has 4 rings (SSSR count). The van der Waals surface area contributed by atoms with Gasteiger partial charge in [0.05, 0.1) is 42.6 Å². The number of hydrogen-bond acceptors (Lipinski definition) is 8. The zero-order valence-electron chi connectivity index (χ0n) is 23.5. The van der Waals surface area contributed by atoms with E-state index in [1.807, 2.05) is 13.8 Å². The van der Waals surface area contributed by atoms with Gasteiger partial charge in [0.15, 0.2) is 0 Å². The van der Waals surface area contributed by atoms with Gasteiger partial charge in [-0.1, -0.05) is 53.6 Å². The summed E-state index contributed by atoms with van der Waals surface area (Å²) < 4.78 is 72.2. The van der Waals surface area contributed by atoms with E-state index in [0.717, 1.165) is 11.1 Å². The van der Waals surface area contributed by atoms with Crippen molar-refractivity contribution in [3.63, 3.8) is 0 Å². The summed E-state index contributed by atoms with van der Waals surface area (Å²) in [6.45, 7) is 5.15. The highest BCUT2D eigenvalue weighted by atomic mass is 32.2. The molecule has 0 bridgehead atoms. The molecule has 0 radical (unpaired) electrons. The van der Waals surface area contributed by atoms with Crippen LogP contribution >= 0.6 is 0 Å². The molecule has 1 heterocycles. The second kappa shape index (κ2) is 12.7. The molecule has 220 valence electrons. The Hall–Kier alpha value is -3.25. The molecule has 3 atom stereocenters. The van der Waals surface area contributed by atoms with E-state index in [2.05, 4.69) is 0 Å². The highest BCUT2D eigenvalue weighted by molar-refractivity contribution is 7.89. The number of esters is 1. The van der Waals surface area contributed by atoms with E-state index in [1.165, 1.54) is 35.7 Å². The van der Waals surface area contributed by atoms with E-state index >= 15 is 0 Å². The Kier molecular flexibility index (Phi) is 9.53. The van der Waals surface area contributed by atoms with Crippen LogP contribution in [0.15, 0.2) is 82.6 Å². The molecule has 1 aliphatic rings. The van der Waals surface area contributed by atoms with Crippen LogP contribution in [-0.4, -0.2) is 54.0 Å². The zero-order chi connectivity index (χ0) is 29.8. The lowest BCUT2D eigenvalue weighted by atomic mass is 9.85. The van der Waals surface area contributed by atoms with Crippen LogP contribution in [0.5, 0.6) is 5.75 Å². The monoisotopic (exact) mass is 601 g/mol. The summed E-state index contributed by atoms with van der Waals surface area (Å²) in [4.78, 5) is 12.7. The van der Waals surface area contributed by atoms with Crippen molar-refractivity contribution in [1.82, 2.24) is 4.31 Å². The Labute approximate surface area is 242 Å². The molecule has 3 aromatic rings. The van der Waals surface area contributed by atoms with E-state index in [4.69, 9.17) is 13.7 Å². The topological polar surface area (TPSA) is 116 Å². The van der Waals surface area contributed by atoms with Gasteiger partial charge >= 0.3 is 5.97 Å². The van der Waals surface area contributed by atoms with Crippen molar-refractivity contribution in [2.24, 2.45) is 11.8 Å². The van der Waals surface area contributed by atoms with Crippen molar-refractivity contribution < 1.29 is 35.3 Å². The van der Waals surface area contributed by atoms with Crippen LogP contribution in [0, 0.1) is 25.7 Å². The summed E-state index contributed by atoms with van der Waals surface area (Å²) in [5, 5.41) is 0. The minimum absolute atomic E-state index is 0.0129. The van der Waals surface area contributed by atoms with Crippen LogP contribution in [0.25, 0.3) is 0 Å².